The Balaban J connectivity index is 2.53. The number of aromatic nitrogens is 1. The summed E-state index contributed by atoms with van der Waals surface area (Å²) < 4.78 is 0. The molecule has 0 aromatic carbocycles. The smallest absolute Gasteiger partial charge is 0.243 e. The molecule has 68 valence electrons. The maximum atomic E-state index is 11.0. The summed E-state index contributed by atoms with van der Waals surface area (Å²) in [4.78, 5) is 15.1. The Labute approximate surface area is 80.3 Å². The Morgan fingerprint density at radius 1 is 1.62 bits per heavy atom. The first kappa shape index (κ1) is 8.31. The van der Waals surface area contributed by atoms with Crippen molar-refractivity contribution in [3.8, 4) is 0 Å². The lowest BCUT2D eigenvalue weighted by atomic mass is 10.2. The van der Waals surface area contributed by atoms with Gasteiger partial charge in [-0.15, -0.1) is 0 Å². The Morgan fingerprint density at radius 2 is 2.38 bits per heavy atom. The van der Waals surface area contributed by atoms with E-state index in [1.165, 1.54) is 0 Å². The highest BCUT2D eigenvalue weighted by molar-refractivity contribution is 6.29. The molecule has 0 aliphatic carbocycles. The fourth-order valence-corrected chi connectivity index (χ4v) is 1.51. The van der Waals surface area contributed by atoms with Crippen LogP contribution in [0.4, 0.5) is 11.5 Å². The number of nitrogens with zero attached hydrogens (tertiary/aromatic N) is 1. The standard InChI is InChI=1S/C8H8ClN3O/c1-4-2-5(9)11-8-7(4)12-6(13)3-10-8/h2H,3H2,1H3,(H,10,11)(H,12,13). The van der Waals surface area contributed by atoms with Crippen LogP contribution >= 0.6 is 11.6 Å². The fourth-order valence-electron chi connectivity index (χ4n) is 1.27. The molecular formula is C8H8ClN3O. The first-order chi connectivity index (χ1) is 6.16. The number of halogens is 1. The number of carbonyl (C=O) groups excluding carboxylic acids is 1. The fraction of sp³-hybridized carbons (Fsp3) is 0.250. The molecule has 2 N–H and O–H groups in total. The van der Waals surface area contributed by atoms with Crippen molar-refractivity contribution in [2.24, 2.45) is 0 Å². The minimum atomic E-state index is -0.0558. The first-order valence-corrected chi connectivity index (χ1v) is 4.25. The summed E-state index contributed by atoms with van der Waals surface area (Å²) in [6.07, 6.45) is 0. The molecule has 4 nitrogen and oxygen atoms in total. The van der Waals surface area contributed by atoms with Crippen LogP contribution in [0.2, 0.25) is 5.15 Å². The van der Waals surface area contributed by atoms with Gasteiger partial charge in [0, 0.05) is 0 Å². The van der Waals surface area contributed by atoms with E-state index in [0.29, 0.717) is 11.0 Å². The summed E-state index contributed by atoms with van der Waals surface area (Å²) in [6, 6.07) is 1.72. The summed E-state index contributed by atoms with van der Waals surface area (Å²) >= 11 is 5.75. The first-order valence-electron chi connectivity index (χ1n) is 3.87. The number of rotatable bonds is 0. The molecule has 1 aliphatic heterocycles. The molecule has 1 aromatic rings. The van der Waals surface area contributed by atoms with Gasteiger partial charge in [-0.1, -0.05) is 11.6 Å². The zero-order chi connectivity index (χ0) is 9.42. The van der Waals surface area contributed by atoms with Crippen molar-refractivity contribution in [3.63, 3.8) is 0 Å². The van der Waals surface area contributed by atoms with Crippen molar-refractivity contribution in [1.29, 1.82) is 0 Å². The summed E-state index contributed by atoms with van der Waals surface area (Å²) in [5.41, 5.74) is 1.64. The zero-order valence-electron chi connectivity index (χ0n) is 7.02. The number of fused-ring (bicyclic) bond motifs is 1. The summed E-state index contributed by atoms with van der Waals surface area (Å²) in [7, 11) is 0. The van der Waals surface area contributed by atoms with E-state index in [1.807, 2.05) is 6.92 Å². The average Bonchev–Trinajstić information content (AvgIpc) is 2.06. The molecule has 0 saturated heterocycles. The van der Waals surface area contributed by atoms with Crippen LogP contribution in [0.1, 0.15) is 5.56 Å². The van der Waals surface area contributed by atoms with Crippen LogP contribution in [0.25, 0.3) is 0 Å². The van der Waals surface area contributed by atoms with E-state index in [0.717, 1.165) is 11.3 Å². The Hall–Kier alpha value is -1.29. The van der Waals surface area contributed by atoms with Gasteiger partial charge < -0.3 is 10.6 Å². The van der Waals surface area contributed by atoms with Crippen molar-refractivity contribution in [1.82, 2.24) is 4.98 Å². The van der Waals surface area contributed by atoms with Gasteiger partial charge in [-0.2, -0.15) is 0 Å². The number of hydrogen-bond acceptors (Lipinski definition) is 3. The van der Waals surface area contributed by atoms with Crippen molar-refractivity contribution >= 4 is 29.0 Å². The molecule has 0 fully saturated rings. The molecule has 1 aromatic heterocycles. The van der Waals surface area contributed by atoms with Crippen molar-refractivity contribution in [3.05, 3.63) is 16.8 Å². The highest BCUT2D eigenvalue weighted by Gasteiger charge is 2.17. The Kier molecular flexibility index (Phi) is 1.84. The number of nitrogens with one attached hydrogen (secondary N) is 2. The predicted octanol–water partition coefficient (Wildman–Crippen LogP) is 1.41. The van der Waals surface area contributed by atoms with E-state index in [1.54, 1.807) is 6.07 Å². The molecule has 0 saturated carbocycles. The van der Waals surface area contributed by atoms with Gasteiger partial charge in [-0.25, -0.2) is 4.98 Å². The third-order valence-corrected chi connectivity index (χ3v) is 2.06. The van der Waals surface area contributed by atoms with Crippen LogP contribution in [-0.4, -0.2) is 17.4 Å². The lowest BCUT2D eigenvalue weighted by Gasteiger charge is -2.19. The monoisotopic (exact) mass is 197 g/mol. The number of amides is 1. The topological polar surface area (TPSA) is 54.0 Å². The quantitative estimate of drug-likeness (QED) is 0.619. The third kappa shape index (κ3) is 1.45. The zero-order valence-corrected chi connectivity index (χ0v) is 7.77. The van der Waals surface area contributed by atoms with E-state index in [9.17, 15) is 4.79 Å². The van der Waals surface area contributed by atoms with E-state index in [2.05, 4.69) is 15.6 Å². The number of anilines is 2. The van der Waals surface area contributed by atoms with E-state index >= 15 is 0 Å². The predicted molar refractivity (Wildman–Crippen MR) is 51.1 cm³/mol. The Bertz CT molecular complexity index is 378. The summed E-state index contributed by atoms with van der Waals surface area (Å²) in [5, 5.41) is 6.05. The maximum absolute atomic E-state index is 11.0. The second-order valence-corrected chi connectivity index (χ2v) is 3.27. The van der Waals surface area contributed by atoms with Crippen LogP contribution in [0.3, 0.4) is 0 Å². The minimum Gasteiger partial charge on any atom is -0.359 e. The molecule has 2 heterocycles. The molecular weight excluding hydrogens is 190 g/mol. The van der Waals surface area contributed by atoms with Crippen LogP contribution in [0, 0.1) is 6.92 Å². The summed E-state index contributed by atoms with van der Waals surface area (Å²) in [6.45, 7) is 2.12. The number of carbonyl (C=O) groups is 1. The molecule has 0 unspecified atom stereocenters. The third-order valence-electron chi connectivity index (χ3n) is 1.87. The van der Waals surface area contributed by atoms with Crippen LogP contribution in [-0.2, 0) is 4.79 Å². The molecule has 0 spiro atoms. The second-order valence-electron chi connectivity index (χ2n) is 2.89. The molecule has 0 atom stereocenters. The number of pyridine rings is 1. The molecule has 1 amide bonds. The average molecular weight is 198 g/mol. The maximum Gasteiger partial charge on any atom is 0.243 e. The van der Waals surface area contributed by atoms with Gasteiger partial charge >= 0.3 is 0 Å². The van der Waals surface area contributed by atoms with Gasteiger partial charge in [0.05, 0.1) is 12.2 Å². The normalized spacial score (nSPS) is 14.5. The van der Waals surface area contributed by atoms with Crippen molar-refractivity contribution in [2.45, 2.75) is 6.92 Å². The highest BCUT2D eigenvalue weighted by Crippen LogP contribution is 2.28. The molecule has 0 radical (unpaired) electrons. The molecule has 13 heavy (non-hydrogen) atoms. The largest absolute Gasteiger partial charge is 0.359 e. The lowest BCUT2D eigenvalue weighted by molar-refractivity contribution is -0.114. The van der Waals surface area contributed by atoms with Gasteiger partial charge in [0.15, 0.2) is 5.82 Å². The summed E-state index contributed by atoms with van der Waals surface area (Å²) in [5.74, 6) is 0.587. The minimum absolute atomic E-state index is 0.0558. The van der Waals surface area contributed by atoms with Crippen LogP contribution in [0.15, 0.2) is 6.07 Å². The van der Waals surface area contributed by atoms with E-state index in [4.69, 9.17) is 11.6 Å². The Morgan fingerprint density at radius 3 is 3.15 bits per heavy atom. The van der Waals surface area contributed by atoms with Gasteiger partial charge in [-0.05, 0) is 18.6 Å². The van der Waals surface area contributed by atoms with Crippen molar-refractivity contribution in [2.75, 3.05) is 17.2 Å². The SMILES string of the molecule is Cc1cc(Cl)nc2c1NC(=O)CN2. The number of aryl methyl sites for hydroxylation is 1. The van der Waals surface area contributed by atoms with Crippen molar-refractivity contribution < 1.29 is 4.79 Å². The van der Waals surface area contributed by atoms with Gasteiger partial charge in [0.1, 0.15) is 5.15 Å². The van der Waals surface area contributed by atoms with Crippen LogP contribution in [0.5, 0.6) is 0 Å². The van der Waals surface area contributed by atoms with Gasteiger partial charge in [0.25, 0.3) is 0 Å². The van der Waals surface area contributed by atoms with Gasteiger partial charge in [-0.3, -0.25) is 4.79 Å². The van der Waals surface area contributed by atoms with Crippen LogP contribution < -0.4 is 10.6 Å². The number of hydrogen-bond donors (Lipinski definition) is 2. The second kappa shape index (κ2) is 2.88. The lowest BCUT2D eigenvalue weighted by Crippen LogP contribution is -2.28. The molecule has 0 bridgehead atoms. The molecule has 5 heteroatoms. The van der Waals surface area contributed by atoms with E-state index in [-0.39, 0.29) is 12.5 Å². The van der Waals surface area contributed by atoms with Gasteiger partial charge in [0.2, 0.25) is 5.91 Å². The molecule has 2 rings (SSSR count). The van der Waals surface area contributed by atoms with E-state index < -0.39 is 0 Å². The molecule has 1 aliphatic rings. The highest BCUT2D eigenvalue weighted by atomic mass is 35.5.